The van der Waals surface area contributed by atoms with Crippen molar-refractivity contribution in [1.82, 2.24) is 10.4 Å². The SMILES string of the molecule is C/C(=N/NC(=O)COc1ccc2ccccc2c1)c1cccnc1. The first-order valence-corrected chi connectivity index (χ1v) is 7.57. The summed E-state index contributed by atoms with van der Waals surface area (Å²) in [4.78, 5) is 15.9. The lowest BCUT2D eigenvalue weighted by Gasteiger charge is -2.07. The lowest BCUT2D eigenvalue weighted by molar-refractivity contribution is -0.123. The molecule has 0 saturated heterocycles. The minimum Gasteiger partial charge on any atom is -0.484 e. The highest BCUT2D eigenvalue weighted by molar-refractivity contribution is 5.99. The number of amides is 1. The maximum atomic E-state index is 11.9. The zero-order chi connectivity index (χ0) is 16.8. The number of carbonyl (C=O) groups excluding carboxylic acids is 1. The van der Waals surface area contributed by atoms with Gasteiger partial charge in [0.05, 0.1) is 5.71 Å². The molecule has 24 heavy (non-hydrogen) atoms. The fraction of sp³-hybridized carbons (Fsp3) is 0.105. The smallest absolute Gasteiger partial charge is 0.277 e. The topological polar surface area (TPSA) is 63.6 Å². The van der Waals surface area contributed by atoms with E-state index in [1.807, 2.05) is 61.5 Å². The van der Waals surface area contributed by atoms with Crippen LogP contribution in [0.3, 0.4) is 0 Å². The molecule has 1 aromatic heterocycles. The van der Waals surface area contributed by atoms with Crippen molar-refractivity contribution in [3.05, 3.63) is 72.6 Å². The Kier molecular flexibility index (Phi) is 4.81. The van der Waals surface area contributed by atoms with Crippen LogP contribution in [0.1, 0.15) is 12.5 Å². The number of hydrogen-bond donors (Lipinski definition) is 1. The number of nitrogens with one attached hydrogen (secondary N) is 1. The molecule has 1 N–H and O–H groups in total. The van der Waals surface area contributed by atoms with Crippen LogP contribution >= 0.6 is 0 Å². The van der Waals surface area contributed by atoms with Gasteiger partial charge in [-0.3, -0.25) is 9.78 Å². The van der Waals surface area contributed by atoms with E-state index in [-0.39, 0.29) is 12.5 Å². The summed E-state index contributed by atoms with van der Waals surface area (Å²) in [6, 6.07) is 17.4. The number of pyridine rings is 1. The summed E-state index contributed by atoms with van der Waals surface area (Å²) >= 11 is 0. The summed E-state index contributed by atoms with van der Waals surface area (Å²) in [5.41, 5.74) is 4.02. The van der Waals surface area contributed by atoms with Gasteiger partial charge in [-0.15, -0.1) is 0 Å². The summed E-state index contributed by atoms with van der Waals surface area (Å²) < 4.78 is 5.52. The Morgan fingerprint density at radius 1 is 1.12 bits per heavy atom. The minimum atomic E-state index is -0.314. The third-order valence-corrected chi connectivity index (χ3v) is 3.52. The van der Waals surface area contributed by atoms with Crippen LogP contribution in [0.2, 0.25) is 0 Å². The average Bonchev–Trinajstić information content (AvgIpc) is 2.65. The van der Waals surface area contributed by atoms with Gasteiger partial charge >= 0.3 is 0 Å². The summed E-state index contributed by atoms with van der Waals surface area (Å²) in [5.74, 6) is 0.336. The average molecular weight is 319 g/mol. The van der Waals surface area contributed by atoms with Gasteiger partial charge in [0.1, 0.15) is 5.75 Å². The normalized spacial score (nSPS) is 11.3. The first kappa shape index (κ1) is 15.7. The number of nitrogens with zero attached hydrogens (tertiary/aromatic N) is 2. The highest BCUT2D eigenvalue weighted by Gasteiger charge is 2.04. The largest absolute Gasteiger partial charge is 0.484 e. The molecule has 1 amide bonds. The molecule has 0 bridgehead atoms. The summed E-state index contributed by atoms with van der Waals surface area (Å²) in [6.07, 6.45) is 3.38. The second-order valence-corrected chi connectivity index (χ2v) is 5.27. The van der Waals surface area contributed by atoms with Crippen LogP contribution in [0.4, 0.5) is 0 Å². The van der Waals surface area contributed by atoms with Crippen molar-refractivity contribution >= 4 is 22.4 Å². The van der Waals surface area contributed by atoms with Crippen LogP contribution in [0, 0.1) is 0 Å². The zero-order valence-corrected chi connectivity index (χ0v) is 13.3. The molecular formula is C19H17N3O2. The van der Waals surface area contributed by atoms with Crippen molar-refractivity contribution in [2.75, 3.05) is 6.61 Å². The molecule has 0 spiro atoms. The fourth-order valence-corrected chi connectivity index (χ4v) is 2.23. The Morgan fingerprint density at radius 3 is 2.75 bits per heavy atom. The van der Waals surface area contributed by atoms with Crippen molar-refractivity contribution in [3.8, 4) is 5.75 Å². The van der Waals surface area contributed by atoms with Crippen LogP contribution in [-0.4, -0.2) is 23.2 Å². The second-order valence-electron chi connectivity index (χ2n) is 5.27. The predicted molar refractivity (Wildman–Crippen MR) is 94.0 cm³/mol. The number of hydrazone groups is 1. The van der Waals surface area contributed by atoms with Crippen LogP contribution in [0.15, 0.2) is 72.1 Å². The third-order valence-electron chi connectivity index (χ3n) is 3.52. The van der Waals surface area contributed by atoms with E-state index in [0.29, 0.717) is 11.5 Å². The van der Waals surface area contributed by atoms with Gasteiger partial charge in [-0.05, 0) is 35.9 Å². The van der Waals surface area contributed by atoms with Gasteiger partial charge in [-0.1, -0.05) is 36.4 Å². The summed E-state index contributed by atoms with van der Waals surface area (Å²) in [6.45, 7) is 1.71. The van der Waals surface area contributed by atoms with Crippen molar-refractivity contribution < 1.29 is 9.53 Å². The Morgan fingerprint density at radius 2 is 1.96 bits per heavy atom. The van der Waals surface area contributed by atoms with Crippen molar-refractivity contribution in [2.24, 2.45) is 5.10 Å². The molecule has 120 valence electrons. The van der Waals surface area contributed by atoms with Crippen LogP contribution in [0.25, 0.3) is 10.8 Å². The van der Waals surface area contributed by atoms with Gasteiger partial charge in [0, 0.05) is 18.0 Å². The van der Waals surface area contributed by atoms with Crippen molar-refractivity contribution in [1.29, 1.82) is 0 Å². The lowest BCUT2D eigenvalue weighted by Crippen LogP contribution is -2.25. The molecule has 1 heterocycles. The molecule has 2 aromatic carbocycles. The van der Waals surface area contributed by atoms with Gasteiger partial charge in [-0.25, -0.2) is 5.43 Å². The highest BCUT2D eigenvalue weighted by Crippen LogP contribution is 2.20. The van der Waals surface area contributed by atoms with Gasteiger partial charge in [0.25, 0.3) is 5.91 Å². The van der Waals surface area contributed by atoms with E-state index < -0.39 is 0 Å². The number of ether oxygens (including phenoxy) is 1. The zero-order valence-electron chi connectivity index (χ0n) is 13.3. The predicted octanol–water partition coefficient (Wildman–Crippen LogP) is 3.15. The van der Waals surface area contributed by atoms with E-state index in [1.54, 1.807) is 12.4 Å². The van der Waals surface area contributed by atoms with E-state index in [9.17, 15) is 4.79 Å². The molecule has 0 aliphatic carbocycles. The second kappa shape index (κ2) is 7.37. The number of rotatable bonds is 5. The molecule has 0 unspecified atom stereocenters. The molecule has 0 saturated carbocycles. The fourth-order valence-electron chi connectivity index (χ4n) is 2.23. The van der Waals surface area contributed by atoms with Gasteiger partial charge in [-0.2, -0.15) is 5.10 Å². The van der Waals surface area contributed by atoms with Gasteiger partial charge in [0.15, 0.2) is 6.61 Å². The lowest BCUT2D eigenvalue weighted by atomic mass is 10.1. The van der Waals surface area contributed by atoms with Crippen LogP contribution < -0.4 is 10.2 Å². The summed E-state index contributed by atoms with van der Waals surface area (Å²) in [7, 11) is 0. The molecule has 5 nitrogen and oxygen atoms in total. The Hall–Kier alpha value is -3.21. The quantitative estimate of drug-likeness (QED) is 0.580. The molecule has 0 aliphatic rings. The standard InChI is InChI=1S/C19H17N3O2/c1-14(17-7-4-10-20-12-17)21-22-19(23)13-24-18-9-8-15-5-2-3-6-16(15)11-18/h2-12H,13H2,1H3,(H,22,23)/b21-14-. The molecule has 0 radical (unpaired) electrons. The Labute approximate surface area is 140 Å². The van der Waals surface area contributed by atoms with E-state index >= 15 is 0 Å². The van der Waals surface area contributed by atoms with Crippen LogP contribution in [0.5, 0.6) is 5.75 Å². The maximum absolute atomic E-state index is 11.9. The molecule has 0 fully saturated rings. The van der Waals surface area contributed by atoms with E-state index in [2.05, 4.69) is 15.5 Å². The van der Waals surface area contributed by atoms with Crippen molar-refractivity contribution in [2.45, 2.75) is 6.92 Å². The number of hydrogen-bond acceptors (Lipinski definition) is 4. The molecule has 0 aliphatic heterocycles. The van der Waals surface area contributed by atoms with Gasteiger partial charge in [0.2, 0.25) is 0 Å². The molecule has 5 heteroatoms. The first-order chi connectivity index (χ1) is 11.7. The van der Waals surface area contributed by atoms with Gasteiger partial charge < -0.3 is 4.74 Å². The minimum absolute atomic E-state index is 0.0951. The molecular weight excluding hydrogens is 302 g/mol. The first-order valence-electron chi connectivity index (χ1n) is 7.57. The number of aromatic nitrogens is 1. The van der Waals surface area contributed by atoms with E-state index in [0.717, 1.165) is 16.3 Å². The Bertz CT molecular complexity index is 876. The Balaban J connectivity index is 1.57. The van der Waals surface area contributed by atoms with E-state index in [4.69, 9.17) is 4.74 Å². The van der Waals surface area contributed by atoms with E-state index in [1.165, 1.54) is 0 Å². The number of fused-ring (bicyclic) bond motifs is 1. The monoisotopic (exact) mass is 319 g/mol. The van der Waals surface area contributed by atoms with Crippen molar-refractivity contribution in [3.63, 3.8) is 0 Å². The third kappa shape index (κ3) is 3.95. The summed E-state index contributed by atoms with van der Waals surface area (Å²) in [5, 5.41) is 6.25. The highest BCUT2D eigenvalue weighted by atomic mass is 16.5. The molecule has 0 atom stereocenters. The number of carbonyl (C=O) groups is 1. The number of benzene rings is 2. The maximum Gasteiger partial charge on any atom is 0.277 e. The molecule has 3 rings (SSSR count). The molecule has 3 aromatic rings. The van der Waals surface area contributed by atoms with Crippen LogP contribution in [-0.2, 0) is 4.79 Å².